The van der Waals surface area contributed by atoms with Crippen molar-refractivity contribution in [2.75, 3.05) is 5.32 Å². The minimum atomic E-state index is -0.461. The van der Waals surface area contributed by atoms with E-state index in [1.165, 1.54) is 12.1 Å². The summed E-state index contributed by atoms with van der Waals surface area (Å²) in [5.41, 5.74) is 2.83. The number of anilines is 1. The van der Waals surface area contributed by atoms with Gasteiger partial charge in [-0.2, -0.15) is 0 Å². The summed E-state index contributed by atoms with van der Waals surface area (Å²) in [6.07, 6.45) is 0. The van der Waals surface area contributed by atoms with Crippen LogP contribution in [0.1, 0.15) is 21.5 Å². The predicted molar refractivity (Wildman–Crippen MR) is 93.7 cm³/mol. The van der Waals surface area contributed by atoms with E-state index in [2.05, 4.69) is 26.6 Å². The second kappa shape index (κ2) is 6.98. The van der Waals surface area contributed by atoms with Crippen molar-refractivity contribution >= 4 is 44.9 Å². The molecule has 0 heterocycles. The van der Waals surface area contributed by atoms with Gasteiger partial charge in [0.05, 0.1) is 5.69 Å². The van der Waals surface area contributed by atoms with E-state index < -0.39 is 5.82 Å². The summed E-state index contributed by atoms with van der Waals surface area (Å²) < 4.78 is 14.3. The summed E-state index contributed by atoms with van der Waals surface area (Å²) in [6.45, 7) is 3.90. The van der Waals surface area contributed by atoms with Gasteiger partial charge in [0.1, 0.15) is 5.82 Å². The zero-order valence-corrected chi connectivity index (χ0v) is 14.4. The average Bonchev–Trinajstić information content (AvgIpc) is 2.45. The summed E-state index contributed by atoms with van der Waals surface area (Å²) in [7, 11) is 0. The summed E-state index contributed by atoms with van der Waals surface area (Å²) >= 11 is 8.22. The Morgan fingerprint density at radius 1 is 1.14 bits per heavy atom. The maximum absolute atomic E-state index is 13.7. The topological polar surface area (TPSA) is 41.1 Å². The van der Waals surface area contributed by atoms with E-state index in [-0.39, 0.29) is 16.7 Å². The minimum absolute atomic E-state index is 0.0458. The molecule has 2 aromatic rings. The molecular formula is C16H14BrFN2OS. The third-order valence-electron chi connectivity index (χ3n) is 3.18. The van der Waals surface area contributed by atoms with Gasteiger partial charge in [-0.1, -0.05) is 22.0 Å². The van der Waals surface area contributed by atoms with E-state index in [0.29, 0.717) is 10.0 Å². The molecule has 0 saturated carbocycles. The van der Waals surface area contributed by atoms with Crippen LogP contribution in [0.2, 0.25) is 0 Å². The van der Waals surface area contributed by atoms with Crippen molar-refractivity contribution in [3.05, 3.63) is 63.4 Å². The molecule has 1 amide bonds. The normalized spacial score (nSPS) is 10.2. The number of hydrogen-bond donors (Lipinski definition) is 2. The van der Waals surface area contributed by atoms with Gasteiger partial charge in [-0.15, -0.1) is 0 Å². The highest BCUT2D eigenvalue weighted by Gasteiger charge is 2.10. The maximum atomic E-state index is 13.7. The fourth-order valence-electron chi connectivity index (χ4n) is 1.80. The first-order valence-electron chi connectivity index (χ1n) is 6.51. The van der Waals surface area contributed by atoms with E-state index in [1.807, 2.05) is 19.9 Å². The quantitative estimate of drug-likeness (QED) is 0.761. The SMILES string of the molecule is Cc1ccc(C(=O)NC(=S)Nc2ccc(Br)cc2F)cc1C. The molecule has 2 rings (SSSR count). The third kappa shape index (κ3) is 4.11. The van der Waals surface area contributed by atoms with Crippen LogP contribution in [-0.2, 0) is 0 Å². The Labute approximate surface area is 142 Å². The molecule has 0 aliphatic carbocycles. The highest BCUT2D eigenvalue weighted by atomic mass is 79.9. The zero-order chi connectivity index (χ0) is 16.3. The van der Waals surface area contributed by atoms with E-state index in [0.717, 1.165) is 11.1 Å². The Morgan fingerprint density at radius 3 is 2.50 bits per heavy atom. The first-order valence-corrected chi connectivity index (χ1v) is 7.71. The van der Waals surface area contributed by atoms with Crippen molar-refractivity contribution in [2.45, 2.75) is 13.8 Å². The summed E-state index contributed by atoms with van der Waals surface area (Å²) in [6, 6.07) is 9.91. The second-order valence-corrected chi connectivity index (χ2v) is 6.16. The molecule has 0 atom stereocenters. The molecule has 0 spiro atoms. The standard InChI is InChI=1S/C16H14BrFN2OS/c1-9-3-4-11(7-10(9)2)15(21)20-16(22)19-14-6-5-12(17)8-13(14)18/h3-8H,1-2H3,(H2,19,20,21,22). The summed E-state index contributed by atoms with van der Waals surface area (Å²) in [5.74, 6) is -0.796. The lowest BCUT2D eigenvalue weighted by Crippen LogP contribution is -2.34. The molecule has 3 nitrogen and oxygen atoms in total. The lowest BCUT2D eigenvalue weighted by Gasteiger charge is -2.11. The molecule has 2 aromatic carbocycles. The van der Waals surface area contributed by atoms with E-state index in [4.69, 9.17) is 12.2 Å². The van der Waals surface area contributed by atoms with Gasteiger partial charge in [-0.25, -0.2) is 4.39 Å². The van der Waals surface area contributed by atoms with Crippen LogP contribution >= 0.6 is 28.1 Å². The second-order valence-electron chi connectivity index (χ2n) is 4.83. The molecule has 0 aliphatic heterocycles. The maximum Gasteiger partial charge on any atom is 0.257 e. The largest absolute Gasteiger partial charge is 0.330 e. The molecule has 2 N–H and O–H groups in total. The Bertz CT molecular complexity index is 749. The number of aryl methyl sites for hydroxylation is 2. The van der Waals surface area contributed by atoms with Crippen LogP contribution in [0.3, 0.4) is 0 Å². The minimum Gasteiger partial charge on any atom is -0.330 e. The predicted octanol–water partition coefficient (Wildman–Crippen LogP) is 4.33. The molecule has 0 unspecified atom stereocenters. The van der Waals surface area contributed by atoms with Crippen LogP contribution in [0, 0.1) is 19.7 Å². The fourth-order valence-corrected chi connectivity index (χ4v) is 2.34. The van der Waals surface area contributed by atoms with Gasteiger partial charge in [0.2, 0.25) is 0 Å². The summed E-state index contributed by atoms with van der Waals surface area (Å²) in [5, 5.41) is 5.25. The van der Waals surface area contributed by atoms with Crippen LogP contribution in [0.5, 0.6) is 0 Å². The number of carbonyl (C=O) groups excluding carboxylic acids is 1. The van der Waals surface area contributed by atoms with Crippen molar-refractivity contribution in [1.82, 2.24) is 5.32 Å². The molecule has 0 aliphatic rings. The molecule has 0 fully saturated rings. The van der Waals surface area contributed by atoms with Gasteiger partial charge in [0.15, 0.2) is 5.11 Å². The number of benzene rings is 2. The van der Waals surface area contributed by atoms with Gasteiger partial charge in [0, 0.05) is 10.0 Å². The van der Waals surface area contributed by atoms with E-state index >= 15 is 0 Å². The molecular weight excluding hydrogens is 367 g/mol. The fraction of sp³-hybridized carbons (Fsp3) is 0.125. The molecule has 0 saturated heterocycles. The molecule has 22 heavy (non-hydrogen) atoms. The smallest absolute Gasteiger partial charge is 0.257 e. The Kier molecular flexibility index (Phi) is 5.26. The zero-order valence-electron chi connectivity index (χ0n) is 12.0. The van der Waals surface area contributed by atoms with Crippen LogP contribution in [0.25, 0.3) is 0 Å². The molecule has 6 heteroatoms. The van der Waals surface area contributed by atoms with E-state index in [9.17, 15) is 9.18 Å². The third-order valence-corrected chi connectivity index (χ3v) is 3.87. The summed E-state index contributed by atoms with van der Waals surface area (Å²) in [4.78, 5) is 12.1. The molecule has 114 valence electrons. The number of thiocarbonyl (C=S) groups is 1. The van der Waals surface area contributed by atoms with Crippen molar-refractivity contribution < 1.29 is 9.18 Å². The number of rotatable bonds is 2. The Morgan fingerprint density at radius 2 is 1.86 bits per heavy atom. The molecule has 0 bridgehead atoms. The van der Waals surface area contributed by atoms with Crippen LogP contribution in [-0.4, -0.2) is 11.0 Å². The first kappa shape index (κ1) is 16.6. The van der Waals surface area contributed by atoms with Gasteiger partial charge < -0.3 is 5.32 Å². The lowest BCUT2D eigenvalue weighted by molar-refractivity contribution is 0.0977. The van der Waals surface area contributed by atoms with Gasteiger partial charge in [-0.3, -0.25) is 10.1 Å². The van der Waals surface area contributed by atoms with Gasteiger partial charge >= 0.3 is 0 Å². The monoisotopic (exact) mass is 380 g/mol. The van der Waals surface area contributed by atoms with Gasteiger partial charge in [0.25, 0.3) is 5.91 Å². The van der Waals surface area contributed by atoms with E-state index in [1.54, 1.807) is 18.2 Å². The van der Waals surface area contributed by atoms with Crippen LogP contribution in [0.4, 0.5) is 10.1 Å². The number of carbonyl (C=O) groups is 1. The van der Waals surface area contributed by atoms with Crippen LogP contribution in [0.15, 0.2) is 40.9 Å². The number of halogens is 2. The Balaban J connectivity index is 2.05. The number of nitrogens with one attached hydrogen (secondary N) is 2. The van der Waals surface area contributed by atoms with Crippen molar-refractivity contribution in [1.29, 1.82) is 0 Å². The highest BCUT2D eigenvalue weighted by molar-refractivity contribution is 9.10. The lowest BCUT2D eigenvalue weighted by atomic mass is 10.1. The van der Waals surface area contributed by atoms with Crippen LogP contribution < -0.4 is 10.6 Å². The molecule has 0 aromatic heterocycles. The highest BCUT2D eigenvalue weighted by Crippen LogP contribution is 2.19. The Hall–Kier alpha value is -1.79. The first-order chi connectivity index (χ1) is 10.4. The van der Waals surface area contributed by atoms with Crippen molar-refractivity contribution in [3.63, 3.8) is 0 Å². The number of amides is 1. The average molecular weight is 381 g/mol. The van der Waals surface area contributed by atoms with Crippen molar-refractivity contribution in [2.24, 2.45) is 0 Å². The van der Waals surface area contributed by atoms with Crippen molar-refractivity contribution in [3.8, 4) is 0 Å². The molecule has 0 radical (unpaired) electrons. The number of hydrogen-bond acceptors (Lipinski definition) is 2. The van der Waals surface area contributed by atoms with Gasteiger partial charge in [-0.05, 0) is 67.5 Å².